The van der Waals surface area contributed by atoms with Gasteiger partial charge in [-0.2, -0.15) is 21.8 Å². The molecule has 6 heterocycles. The van der Waals surface area contributed by atoms with Gasteiger partial charge >= 0.3 is 6.18 Å². The molecule has 0 spiro atoms. The van der Waals surface area contributed by atoms with Crippen molar-refractivity contribution in [1.82, 2.24) is 24.6 Å². The van der Waals surface area contributed by atoms with Crippen molar-refractivity contribution in [3.63, 3.8) is 0 Å². The number of sulfonamides is 2. The average Bonchev–Trinajstić information content (AvgIpc) is 4.14. The van der Waals surface area contributed by atoms with Gasteiger partial charge in [0.15, 0.2) is 5.60 Å². The summed E-state index contributed by atoms with van der Waals surface area (Å²) < 4.78 is 112. The summed E-state index contributed by atoms with van der Waals surface area (Å²) in [6.45, 7) is 13.7. The number of benzene rings is 2. The second-order valence-electron chi connectivity index (χ2n) is 15.5. The van der Waals surface area contributed by atoms with Crippen molar-refractivity contribution in [2.75, 3.05) is 83.4 Å². The Balaban J connectivity index is 0.000000241. The maximum atomic E-state index is 12.5. The second-order valence-corrected chi connectivity index (χ2v) is 26.3. The number of rotatable bonds is 8. The molecule has 2 aromatic carbocycles. The first-order valence-corrected chi connectivity index (χ1v) is 29.3. The van der Waals surface area contributed by atoms with Gasteiger partial charge < -0.3 is 31.1 Å². The largest absolute Gasteiger partial charge is 0.421 e. The van der Waals surface area contributed by atoms with Crippen molar-refractivity contribution >= 4 is 108 Å². The van der Waals surface area contributed by atoms with Gasteiger partial charge in [-0.15, -0.1) is 46.4 Å². The quantitative estimate of drug-likeness (QED) is 0.0976. The Morgan fingerprint density at radius 1 is 0.574 bits per heavy atom. The molecule has 0 bridgehead atoms. The molecule has 3 aromatic heterocycles. The minimum absolute atomic E-state index is 0. The summed E-state index contributed by atoms with van der Waals surface area (Å²) in [6, 6.07) is 23.1. The summed E-state index contributed by atoms with van der Waals surface area (Å²) in [5.41, 5.74) is -1.91. The lowest BCUT2D eigenvalue weighted by atomic mass is 9.96. The van der Waals surface area contributed by atoms with Crippen LogP contribution in [0.4, 0.5) is 18.9 Å². The molecule has 1 unspecified atom stereocenters. The Morgan fingerprint density at radius 2 is 0.956 bits per heavy atom. The predicted octanol–water partition coefficient (Wildman–Crippen LogP) is 7.32. The number of anilines is 1. The highest BCUT2D eigenvalue weighted by Gasteiger charge is 2.51. The number of piperazine rings is 3. The molecular weight excluding hydrogens is 1120 g/mol. The molecule has 14 nitrogen and oxygen atoms in total. The minimum Gasteiger partial charge on any atom is -0.386 e. The number of alkyl halides is 3. The molecule has 1 atom stereocenters. The van der Waals surface area contributed by atoms with Gasteiger partial charge in [-0.25, -0.2) is 25.3 Å². The molecule has 0 amide bonds. The number of thiophene rings is 3. The predicted molar refractivity (Wildman–Crippen MR) is 273 cm³/mol. The van der Waals surface area contributed by atoms with Crippen molar-refractivity contribution in [2.45, 2.75) is 50.8 Å². The van der Waals surface area contributed by atoms with Crippen LogP contribution in [-0.2, 0) is 40.3 Å². The van der Waals surface area contributed by atoms with E-state index in [1.807, 2.05) is 24.3 Å². The van der Waals surface area contributed by atoms with Gasteiger partial charge in [-0.3, -0.25) is 0 Å². The third kappa shape index (κ3) is 18.1. The van der Waals surface area contributed by atoms with Gasteiger partial charge in [0, 0.05) is 99.4 Å². The number of nitrogens with zero attached hydrogens (tertiary/aromatic N) is 3. The molecule has 0 aliphatic carbocycles. The van der Waals surface area contributed by atoms with Gasteiger partial charge in [0.25, 0.3) is 29.1 Å². The number of halogens is 6. The molecule has 5 N–H and O–H groups in total. The van der Waals surface area contributed by atoms with E-state index in [1.54, 1.807) is 64.6 Å². The van der Waals surface area contributed by atoms with Crippen LogP contribution in [0.2, 0.25) is 0 Å². The van der Waals surface area contributed by atoms with Gasteiger partial charge in [-0.1, -0.05) is 58.4 Å². The number of hydrogen-bond donors (Lipinski definition) is 5. The first-order chi connectivity index (χ1) is 31.3. The summed E-state index contributed by atoms with van der Waals surface area (Å²) in [5.74, 6) is 0. The first kappa shape index (κ1) is 60.1. The SMILES string of the molecule is C1CNCCN1.CC(C)(O)c1ccc(N2CCN(S(=O)(=O)c3cccs3)CC2)cc1.CC(O)(c1ccc(Br)cc1)C(F)(F)F.Cl.O=S(=O)(Cl)c1cccs1.O=S(=O)(c1cccs1)N1CCNCC1. The van der Waals surface area contributed by atoms with E-state index in [0.717, 1.165) is 68.8 Å². The zero-order valence-corrected chi connectivity index (χ0v) is 45.3. The smallest absolute Gasteiger partial charge is 0.386 e. The van der Waals surface area contributed by atoms with Crippen LogP contribution in [0.25, 0.3) is 0 Å². The normalized spacial score (nSPS) is 17.2. The van der Waals surface area contributed by atoms with Crippen LogP contribution in [0.5, 0.6) is 0 Å². The van der Waals surface area contributed by atoms with Gasteiger partial charge in [0.05, 0.1) is 5.60 Å². The van der Waals surface area contributed by atoms with Crippen molar-refractivity contribution in [1.29, 1.82) is 0 Å². The molecule has 26 heteroatoms. The highest BCUT2D eigenvalue weighted by molar-refractivity contribution is 9.10. The summed E-state index contributed by atoms with van der Waals surface area (Å²) in [7, 11) is -5.05. The van der Waals surface area contributed by atoms with Crippen molar-refractivity contribution in [2.24, 2.45) is 0 Å². The highest BCUT2D eigenvalue weighted by atomic mass is 79.9. The maximum Gasteiger partial charge on any atom is 0.421 e. The molecule has 5 aromatic rings. The molecule has 8 rings (SSSR count). The summed E-state index contributed by atoms with van der Waals surface area (Å²) in [6.07, 6.45) is -4.67. The molecule has 3 saturated heterocycles. The van der Waals surface area contributed by atoms with E-state index < -0.39 is 46.5 Å². The zero-order chi connectivity index (χ0) is 49.5. The fraction of sp³-hybridized carbons (Fsp3) is 0.429. The summed E-state index contributed by atoms with van der Waals surface area (Å²) >= 11 is 6.74. The van der Waals surface area contributed by atoms with Crippen LogP contribution in [-0.4, -0.2) is 129 Å². The lowest BCUT2D eigenvalue weighted by Gasteiger charge is -2.35. The first-order valence-electron chi connectivity index (χ1n) is 20.7. The van der Waals surface area contributed by atoms with Crippen molar-refractivity contribution in [3.05, 3.63) is 117 Å². The lowest BCUT2D eigenvalue weighted by Crippen LogP contribution is -2.48. The average molecular weight is 1170 g/mol. The van der Waals surface area contributed by atoms with Crippen LogP contribution in [0.15, 0.2) is 118 Å². The Kier molecular flexibility index (Phi) is 23.8. The van der Waals surface area contributed by atoms with E-state index in [4.69, 9.17) is 10.7 Å². The lowest BCUT2D eigenvalue weighted by molar-refractivity contribution is -0.258. The molecule has 0 radical (unpaired) electrons. The van der Waals surface area contributed by atoms with E-state index in [9.17, 15) is 48.6 Å². The Morgan fingerprint density at radius 3 is 1.29 bits per heavy atom. The summed E-state index contributed by atoms with van der Waals surface area (Å²) in [4.78, 5) is 2.18. The zero-order valence-electron chi connectivity index (χ0n) is 37.2. The fourth-order valence-corrected chi connectivity index (χ4v) is 13.4. The van der Waals surface area contributed by atoms with Crippen LogP contribution in [0, 0.1) is 0 Å². The number of aliphatic hydroxyl groups is 2. The van der Waals surface area contributed by atoms with Gasteiger partial charge in [-0.05, 0) is 90.5 Å². The topological polar surface area (TPSA) is 189 Å². The Bertz CT molecular complexity index is 2530. The molecule has 380 valence electrons. The van der Waals surface area contributed by atoms with E-state index in [2.05, 4.69) is 36.8 Å². The minimum atomic E-state index is -4.67. The van der Waals surface area contributed by atoms with Gasteiger partial charge in [0.1, 0.15) is 12.6 Å². The molecule has 68 heavy (non-hydrogen) atoms. The number of hydrogen-bond acceptors (Lipinski definition) is 15. The van der Waals surface area contributed by atoms with Crippen LogP contribution >= 0.6 is 73.0 Å². The van der Waals surface area contributed by atoms with Crippen LogP contribution < -0.4 is 20.9 Å². The molecule has 0 saturated carbocycles. The molecule has 3 aliphatic heterocycles. The molecule has 3 fully saturated rings. The summed E-state index contributed by atoms with van der Waals surface area (Å²) in [5, 5.41) is 34.1. The fourth-order valence-electron chi connectivity index (χ4n) is 6.17. The standard InChI is InChI=1S/C17H22N2O3S2.C9H8BrF3O.C8H12N2O2S2.C4H3ClO2S2.C4H10N2.ClH/c1-17(2,20)14-5-7-15(8-6-14)18-9-11-19(12-10-18)24(21,22)16-4-3-13-23-16;1-8(14,9(11,12)13)6-2-4-7(10)5-3-6;11-14(12,8-2-1-7-13-8)10-5-3-9-4-6-10;5-9(6,7)4-2-1-3-8-4;1-2-6-4-3-5-1;/h3-8,13,20H,9-12H2,1-2H3;2-5,14H,1H3;1-2,7,9H,3-6H2;1-3H;5-6H,1-4H2;1H. The third-order valence-corrected chi connectivity index (χ3v) is 20.2. The monoisotopic (exact) mass is 1170 g/mol. The van der Waals surface area contributed by atoms with E-state index in [0.29, 0.717) is 52.2 Å². The third-order valence-electron chi connectivity index (χ3n) is 10.1. The van der Waals surface area contributed by atoms with Crippen LogP contribution in [0.1, 0.15) is 31.9 Å². The van der Waals surface area contributed by atoms with E-state index in [1.165, 1.54) is 57.3 Å². The molecular formula is C42H56BrCl2F3N6O8S6. The van der Waals surface area contributed by atoms with E-state index >= 15 is 0 Å². The van der Waals surface area contributed by atoms with Gasteiger partial charge in [0.2, 0.25) is 0 Å². The molecule has 3 aliphatic rings. The second kappa shape index (κ2) is 27.0. The van der Waals surface area contributed by atoms with Crippen molar-refractivity contribution in [3.8, 4) is 0 Å². The maximum absolute atomic E-state index is 12.5. The van der Waals surface area contributed by atoms with Crippen molar-refractivity contribution < 1.29 is 48.6 Å². The number of nitrogens with one attached hydrogen (secondary N) is 3. The Labute approximate surface area is 428 Å². The highest BCUT2D eigenvalue weighted by Crippen LogP contribution is 2.38. The van der Waals surface area contributed by atoms with Crippen LogP contribution in [0.3, 0.4) is 0 Å². The van der Waals surface area contributed by atoms with E-state index in [-0.39, 0.29) is 22.2 Å². The Hall–Kier alpha value is -2.24.